The van der Waals surface area contributed by atoms with Gasteiger partial charge in [-0.05, 0) is 32.1 Å². The number of hydrogen-bond acceptors (Lipinski definition) is 5. The molecule has 6 nitrogen and oxygen atoms in total. The number of nitrogens with one attached hydrogen (secondary N) is 1. The van der Waals surface area contributed by atoms with E-state index in [2.05, 4.69) is 25.3 Å². The number of fused-ring (bicyclic) bond motifs is 1. The highest BCUT2D eigenvalue weighted by atomic mass is 15.3. The Balaban J connectivity index is 1.39. The normalized spacial score (nSPS) is 20.7. The minimum atomic E-state index is 0.394. The SMILES string of the molecule is Cn1ncc2c1CCC[C@H]2NCc1cnc(N2CCCC2)nc1. The monoisotopic (exact) mass is 312 g/mol. The first-order valence-corrected chi connectivity index (χ1v) is 8.61. The molecule has 0 spiro atoms. The van der Waals surface area contributed by atoms with Gasteiger partial charge in [0.15, 0.2) is 0 Å². The van der Waals surface area contributed by atoms with Gasteiger partial charge in [-0.25, -0.2) is 9.97 Å². The zero-order valence-corrected chi connectivity index (χ0v) is 13.7. The third kappa shape index (κ3) is 2.95. The van der Waals surface area contributed by atoms with Crippen LogP contribution >= 0.6 is 0 Å². The standard InChI is InChI=1S/C17H24N6/c1-22-16-6-4-5-15(14(16)12-21-22)18-9-13-10-19-17(20-11-13)23-7-2-3-8-23/h10-12,15,18H,2-9H2,1H3/t15-/m1/s1. The largest absolute Gasteiger partial charge is 0.341 e. The molecule has 1 aliphatic heterocycles. The van der Waals surface area contributed by atoms with Gasteiger partial charge in [0.1, 0.15) is 0 Å². The first-order valence-electron chi connectivity index (χ1n) is 8.61. The van der Waals surface area contributed by atoms with Gasteiger partial charge in [-0.3, -0.25) is 4.68 Å². The van der Waals surface area contributed by atoms with Crippen LogP contribution in [0.4, 0.5) is 5.95 Å². The van der Waals surface area contributed by atoms with Gasteiger partial charge in [-0.15, -0.1) is 0 Å². The van der Waals surface area contributed by atoms with Crippen LogP contribution in [0.1, 0.15) is 48.5 Å². The van der Waals surface area contributed by atoms with Crippen LogP contribution in [0.3, 0.4) is 0 Å². The zero-order valence-electron chi connectivity index (χ0n) is 13.7. The van der Waals surface area contributed by atoms with E-state index >= 15 is 0 Å². The molecular formula is C17H24N6. The zero-order chi connectivity index (χ0) is 15.6. The molecule has 1 saturated heterocycles. The van der Waals surface area contributed by atoms with Crippen molar-refractivity contribution in [1.29, 1.82) is 0 Å². The molecule has 3 heterocycles. The molecule has 0 saturated carbocycles. The maximum absolute atomic E-state index is 4.53. The van der Waals surface area contributed by atoms with E-state index in [9.17, 15) is 0 Å². The Morgan fingerprint density at radius 1 is 1.13 bits per heavy atom. The molecular weight excluding hydrogens is 288 g/mol. The number of aromatic nitrogens is 4. The molecule has 23 heavy (non-hydrogen) atoms. The topological polar surface area (TPSA) is 58.9 Å². The summed E-state index contributed by atoms with van der Waals surface area (Å²) in [5.74, 6) is 0.874. The predicted molar refractivity (Wildman–Crippen MR) is 89.2 cm³/mol. The van der Waals surface area contributed by atoms with Crippen molar-refractivity contribution in [3.8, 4) is 0 Å². The summed E-state index contributed by atoms with van der Waals surface area (Å²) in [7, 11) is 2.03. The Kier molecular flexibility index (Phi) is 3.99. The van der Waals surface area contributed by atoms with Gasteiger partial charge in [-0.1, -0.05) is 0 Å². The van der Waals surface area contributed by atoms with Crippen LogP contribution in [-0.2, 0) is 20.0 Å². The molecule has 1 fully saturated rings. The fourth-order valence-electron chi connectivity index (χ4n) is 3.68. The van der Waals surface area contributed by atoms with E-state index in [-0.39, 0.29) is 0 Å². The molecule has 2 aromatic heterocycles. The molecule has 2 aliphatic rings. The van der Waals surface area contributed by atoms with Crippen LogP contribution < -0.4 is 10.2 Å². The van der Waals surface area contributed by atoms with Crippen LogP contribution in [0.5, 0.6) is 0 Å². The van der Waals surface area contributed by atoms with E-state index in [1.807, 2.05) is 30.3 Å². The van der Waals surface area contributed by atoms with Crippen molar-refractivity contribution in [2.45, 2.75) is 44.7 Å². The molecule has 1 aliphatic carbocycles. The van der Waals surface area contributed by atoms with E-state index in [4.69, 9.17) is 0 Å². The summed E-state index contributed by atoms with van der Waals surface area (Å²) in [6.07, 6.45) is 12.0. The summed E-state index contributed by atoms with van der Waals surface area (Å²) in [6.45, 7) is 2.98. The smallest absolute Gasteiger partial charge is 0.225 e. The summed E-state index contributed by atoms with van der Waals surface area (Å²) in [6, 6.07) is 0.394. The fraction of sp³-hybridized carbons (Fsp3) is 0.588. The summed E-state index contributed by atoms with van der Waals surface area (Å²) in [5, 5.41) is 8.06. The first kappa shape index (κ1) is 14.6. The van der Waals surface area contributed by atoms with Crippen molar-refractivity contribution >= 4 is 5.95 Å². The van der Waals surface area contributed by atoms with E-state index < -0.39 is 0 Å². The van der Waals surface area contributed by atoms with E-state index in [1.165, 1.54) is 36.9 Å². The lowest BCUT2D eigenvalue weighted by atomic mass is 9.93. The quantitative estimate of drug-likeness (QED) is 0.935. The van der Waals surface area contributed by atoms with Crippen LogP contribution in [0.15, 0.2) is 18.6 Å². The second-order valence-electron chi connectivity index (χ2n) is 6.58. The molecule has 0 bridgehead atoms. The Labute approximate surface area is 136 Å². The van der Waals surface area contributed by atoms with Crippen LogP contribution in [0.25, 0.3) is 0 Å². The van der Waals surface area contributed by atoms with Crippen LogP contribution in [-0.4, -0.2) is 32.8 Å². The van der Waals surface area contributed by atoms with Crippen molar-refractivity contribution in [3.63, 3.8) is 0 Å². The van der Waals surface area contributed by atoms with Gasteiger partial charge in [0.2, 0.25) is 5.95 Å². The molecule has 0 unspecified atom stereocenters. The van der Waals surface area contributed by atoms with E-state index in [0.29, 0.717) is 6.04 Å². The van der Waals surface area contributed by atoms with Gasteiger partial charge in [0.25, 0.3) is 0 Å². The average molecular weight is 312 g/mol. The molecule has 2 aromatic rings. The van der Waals surface area contributed by atoms with E-state index in [0.717, 1.165) is 37.6 Å². The van der Waals surface area contributed by atoms with Gasteiger partial charge in [-0.2, -0.15) is 5.10 Å². The Morgan fingerprint density at radius 2 is 1.91 bits per heavy atom. The minimum absolute atomic E-state index is 0.394. The van der Waals surface area contributed by atoms with Gasteiger partial charge in [0, 0.05) is 61.9 Å². The van der Waals surface area contributed by atoms with Crippen molar-refractivity contribution in [1.82, 2.24) is 25.1 Å². The third-order valence-electron chi connectivity index (χ3n) is 5.01. The second-order valence-corrected chi connectivity index (χ2v) is 6.58. The Morgan fingerprint density at radius 3 is 2.70 bits per heavy atom. The molecule has 0 radical (unpaired) electrons. The Bertz CT molecular complexity index is 656. The van der Waals surface area contributed by atoms with Crippen molar-refractivity contribution in [3.05, 3.63) is 35.4 Å². The van der Waals surface area contributed by atoms with E-state index in [1.54, 1.807) is 0 Å². The summed E-state index contributed by atoms with van der Waals surface area (Å²) in [4.78, 5) is 11.3. The van der Waals surface area contributed by atoms with Crippen molar-refractivity contribution < 1.29 is 0 Å². The summed E-state index contributed by atoms with van der Waals surface area (Å²) >= 11 is 0. The molecule has 0 amide bonds. The third-order valence-corrected chi connectivity index (χ3v) is 5.01. The maximum Gasteiger partial charge on any atom is 0.225 e. The predicted octanol–water partition coefficient (Wildman–Crippen LogP) is 1.98. The summed E-state index contributed by atoms with van der Waals surface area (Å²) in [5.41, 5.74) is 3.87. The number of aryl methyl sites for hydroxylation is 1. The summed E-state index contributed by atoms with van der Waals surface area (Å²) < 4.78 is 2.01. The lowest BCUT2D eigenvalue weighted by Gasteiger charge is -2.24. The highest BCUT2D eigenvalue weighted by Crippen LogP contribution is 2.29. The number of rotatable bonds is 4. The van der Waals surface area contributed by atoms with Crippen molar-refractivity contribution in [2.24, 2.45) is 7.05 Å². The number of hydrogen-bond donors (Lipinski definition) is 1. The van der Waals surface area contributed by atoms with Crippen LogP contribution in [0, 0.1) is 0 Å². The molecule has 6 heteroatoms. The molecule has 4 rings (SSSR count). The van der Waals surface area contributed by atoms with Crippen LogP contribution in [0.2, 0.25) is 0 Å². The molecule has 0 aromatic carbocycles. The maximum atomic E-state index is 4.53. The van der Waals surface area contributed by atoms with Gasteiger partial charge >= 0.3 is 0 Å². The fourth-order valence-corrected chi connectivity index (χ4v) is 3.68. The first-order chi connectivity index (χ1) is 11.3. The van der Waals surface area contributed by atoms with Crippen molar-refractivity contribution in [2.75, 3.05) is 18.0 Å². The molecule has 122 valence electrons. The highest BCUT2D eigenvalue weighted by Gasteiger charge is 2.23. The number of nitrogens with zero attached hydrogens (tertiary/aromatic N) is 5. The second kappa shape index (κ2) is 6.28. The molecule has 1 N–H and O–H groups in total. The minimum Gasteiger partial charge on any atom is -0.341 e. The molecule has 1 atom stereocenters. The average Bonchev–Trinajstić information content (AvgIpc) is 3.24. The lowest BCUT2D eigenvalue weighted by Crippen LogP contribution is -2.25. The Hall–Kier alpha value is -1.95. The lowest BCUT2D eigenvalue weighted by molar-refractivity contribution is 0.451. The number of anilines is 1. The highest BCUT2D eigenvalue weighted by molar-refractivity contribution is 5.31. The van der Waals surface area contributed by atoms with Gasteiger partial charge in [0.05, 0.1) is 6.20 Å². The van der Waals surface area contributed by atoms with Gasteiger partial charge < -0.3 is 10.2 Å².